The summed E-state index contributed by atoms with van der Waals surface area (Å²) in [7, 11) is -3.84. The molecular formula is C26H37N3O3S. The van der Waals surface area contributed by atoms with E-state index in [1.165, 1.54) is 24.5 Å². The van der Waals surface area contributed by atoms with Gasteiger partial charge in [0, 0.05) is 12.4 Å². The third-order valence-electron chi connectivity index (χ3n) is 4.22. The first-order valence-corrected chi connectivity index (χ1v) is 12.8. The number of nitrogens with zero attached hydrogens (tertiary/aromatic N) is 2. The van der Waals surface area contributed by atoms with Crippen LogP contribution in [0.2, 0.25) is 0 Å². The monoisotopic (exact) mass is 471 g/mol. The van der Waals surface area contributed by atoms with Crippen molar-refractivity contribution in [1.29, 1.82) is 0 Å². The molecule has 1 heterocycles. The second-order valence-corrected chi connectivity index (χ2v) is 7.98. The lowest BCUT2D eigenvalue weighted by Gasteiger charge is -2.14. The summed E-state index contributed by atoms with van der Waals surface area (Å²) in [6.07, 6.45) is 2.94. The number of carbonyl (C=O) groups is 1. The molecule has 7 heteroatoms. The van der Waals surface area contributed by atoms with Crippen molar-refractivity contribution < 1.29 is 13.2 Å². The summed E-state index contributed by atoms with van der Waals surface area (Å²) in [5.41, 5.74) is 3.10. The number of hydrogen-bond donors (Lipinski definition) is 1. The maximum atomic E-state index is 12.8. The molecule has 0 aliphatic rings. The van der Waals surface area contributed by atoms with Gasteiger partial charge in [-0.2, -0.15) is 0 Å². The molecule has 3 aromatic rings. The number of anilines is 1. The Labute approximate surface area is 199 Å². The van der Waals surface area contributed by atoms with Crippen molar-refractivity contribution >= 4 is 21.5 Å². The standard InChI is InChI=1S/C20H19N3O3S.3C2H6/c1-13-5-7-16(8-6-13)27(25,26)23-18-12-15(3)14(2)11-17(18)19(24)20-21-9-4-10-22-20;3*1-2/h4-12,23H,1-3H3;3*1-2H3. The third kappa shape index (κ3) is 8.42. The molecule has 0 atom stereocenters. The van der Waals surface area contributed by atoms with E-state index in [-0.39, 0.29) is 22.0 Å². The van der Waals surface area contributed by atoms with Crippen LogP contribution in [0.3, 0.4) is 0 Å². The summed E-state index contributed by atoms with van der Waals surface area (Å²) in [5.74, 6) is -0.433. The zero-order chi connectivity index (χ0) is 25.6. The van der Waals surface area contributed by atoms with E-state index in [0.29, 0.717) is 0 Å². The van der Waals surface area contributed by atoms with E-state index in [9.17, 15) is 13.2 Å². The molecule has 1 N–H and O–H groups in total. The number of benzene rings is 2. The second kappa shape index (κ2) is 14.9. The average molecular weight is 472 g/mol. The number of hydrogen-bond acceptors (Lipinski definition) is 5. The van der Waals surface area contributed by atoms with Gasteiger partial charge < -0.3 is 0 Å². The SMILES string of the molecule is CC.CC.CC.Cc1ccc(S(=O)(=O)Nc2cc(C)c(C)cc2C(=O)c2ncccn2)cc1. The molecular weight excluding hydrogens is 434 g/mol. The lowest BCUT2D eigenvalue weighted by molar-refractivity contribution is 0.103. The van der Waals surface area contributed by atoms with Gasteiger partial charge in [-0.05, 0) is 62.2 Å². The lowest BCUT2D eigenvalue weighted by Crippen LogP contribution is -2.17. The van der Waals surface area contributed by atoms with Crippen LogP contribution in [0.5, 0.6) is 0 Å². The molecule has 3 rings (SSSR count). The first kappa shape index (κ1) is 29.9. The Hall–Kier alpha value is -3.06. The van der Waals surface area contributed by atoms with Gasteiger partial charge in [0.15, 0.2) is 0 Å². The minimum absolute atomic E-state index is 0.0107. The van der Waals surface area contributed by atoms with Gasteiger partial charge in [0.1, 0.15) is 0 Å². The molecule has 6 nitrogen and oxygen atoms in total. The predicted molar refractivity (Wildman–Crippen MR) is 137 cm³/mol. The average Bonchev–Trinajstić information content (AvgIpc) is 2.85. The summed E-state index contributed by atoms with van der Waals surface area (Å²) in [5, 5.41) is 0. The van der Waals surface area contributed by atoms with Crippen molar-refractivity contribution in [2.75, 3.05) is 4.72 Å². The second-order valence-electron chi connectivity index (χ2n) is 6.30. The highest BCUT2D eigenvalue weighted by Crippen LogP contribution is 2.26. The van der Waals surface area contributed by atoms with Gasteiger partial charge in [-0.15, -0.1) is 0 Å². The summed E-state index contributed by atoms with van der Waals surface area (Å²) < 4.78 is 28.1. The van der Waals surface area contributed by atoms with Crippen LogP contribution >= 0.6 is 0 Å². The molecule has 0 unspecified atom stereocenters. The van der Waals surface area contributed by atoms with Crippen LogP contribution in [-0.4, -0.2) is 24.2 Å². The van der Waals surface area contributed by atoms with Crippen LogP contribution in [-0.2, 0) is 10.0 Å². The molecule has 0 radical (unpaired) electrons. The molecule has 0 spiro atoms. The van der Waals surface area contributed by atoms with Crippen LogP contribution in [0.25, 0.3) is 0 Å². The summed E-state index contributed by atoms with van der Waals surface area (Å²) in [6, 6.07) is 11.4. The van der Waals surface area contributed by atoms with Crippen molar-refractivity contribution in [3.8, 4) is 0 Å². The third-order valence-corrected chi connectivity index (χ3v) is 5.60. The van der Waals surface area contributed by atoms with Crippen LogP contribution in [0, 0.1) is 20.8 Å². The summed E-state index contributed by atoms with van der Waals surface area (Å²) >= 11 is 0. The van der Waals surface area contributed by atoms with Gasteiger partial charge in [0.25, 0.3) is 10.0 Å². The Morgan fingerprint density at radius 3 is 1.79 bits per heavy atom. The van der Waals surface area contributed by atoms with Gasteiger partial charge in [0.05, 0.1) is 16.1 Å². The molecule has 0 aliphatic carbocycles. The molecule has 0 amide bonds. The molecule has 0 bridgehead atoms. The van der Waals surface area contributed by atoms with E-state index in [2.05, 4.69) is 14.7 Å². The minimum Gasteiger partial charge on any atom is -0.285 e. The van der Waals surface area contributed by atoms with E-state index >= 15 is 0 Å². The normalized spacial score (nSPS) is 9.73. The minimum atomic E-state index is -3.84. The number of carbonyl (C=O) groups excluding carboxylic acids is 1. The van der Waals surface area contributed by atoms with Gasteiger partial charge in [-0.25, -0.2) is 18.4 Å². The van der Waals surface area contributed by atoms with E-state index < -0.39 is 15.8 Å². The molecule has 0 fully saturated rings. The van der Waals surface area contributed by atoms with Crippen molar-refractivity contribution in [2.45, 2.75) is 67.2 Å². The Bertz CT molecular complexity index is 1100. The highest BCUT2D eigenvalue weighted by Gasteiger charge is 2.22. The van der Waals surface area contributed by atoms with Crippen molar-refractivity contribution in [3.63, 3.8) is 0 Å². The summed E-state index contributed by atoms with van der Waals surface area (Å²) in [6.45, 7) is 17.6. The number of nitrogens with one attached hydrogen (secondary N) is 1. The fourth-order valence-electron chi connectivity index (χ4n) is 2.55. The molecule has 0 aliphatic heterocycles. The fourth-order valence-corrected chi connectivity index (χ4v) is 3.62. The maximum Gasteiger partial charge on any atom is 0.261 e. The highest BCUT2D eigenvalue weighted by atomic mass is 32.2. The highest BCUT2D eigenvalue weighted by molar-refractivity contribution is 7.92. The first-order valence-electron chi connectivity index (χ1n) is 11.3. The van der Waals surface area contributed by atoms with Crippen LogP contribution in [0.15, 0.2) is 59.8 Å². The van der Waals surface area contributed by atoms with E-state index in [0.717, 1.165) is 16.7 Å². The smallest absolute Gasteiger partial charge is 0.261 e. The number of sulfonamides is 1. The molecule has 33 heavy (non-hydrogen) atoms. The molecule has 1 aromatic heterocycles. The Kier molecular flexibility index (Phi) is 13.5. The number of ketones is 1. The van der Waals surface area contributed by atoms with Gasteiger partial charge in [-0.3, -0.25) is 9.52 Å². The van der Waals surface area contributed by atoms with Crippen LogP contribution in [0.4, 0.5) is 5.69 Å². The molecule has 180 valence electrons. The van der Waals surface area contributed by atoms with Crippen molar-refractivity contribution in [2.24, 2.45) is 0 Å². The Morgan fingerprint density at radius 1 is 0.788 bits per heavy atom. The topological polar surface area (TPSA) is 89.0 Å². The molecule has 2 aromatic carbocycles. The molecule has 0 saturated heterocycles. The zero-order valence-electron chi connectivity index (χ0n) is 21.2. The largest absolute Gasteiger partial charge is 0.285 e. The Morgan fingerprint density at radius 2 is 1.27 bits per heavy atom. The van der Waals surface area contributed by atoms with Gasteiger partial charge >= 0.3 is 0 Å². The van der Waals surface area contributed by atoms with E-state index in [1.54, 1.807) is 30.3 Å². The number of aryl methyl sites for hydroxylation is 3. The molecule has 0 saturated carbocycles. The maximum absolute atomic E-state index is 12.8. The fraction of sp³-hybridized carbons (Fsp3) is 0.346. The van der Waals surface area contributed by atoms with Gasteiger partial charge in [0.2, 0.25) is 11.6 Å². The van der Waals surface area contributed by atoms with Crippen LogP contribution in [0.1, 0.15) is 74.4 Å². The zero-order valence-corrected chi connectivity index (χ0v) is 22.0. The quantitative estimate of drug-likeness (QED) is 0.428. The Balaban J connectivity index is 0.00000158. The van der Waals surface area contributed by atoms with Gasteiger partial charge in [-0.1, -0.05) is 59.2 Å². The number of rotatable bonds is 5. The van der Waals surface area contributed by atoms with Crippen LogP contribution < -0.4 is 4.72 Å². The van der Waals surface area contributed by atoms with E-state index in [4.69, 9.17) is 0 Å². The first-order chi connectivity index (χ1) is 15.8. The number of aromatic nitrogens is 2. The summed E-state index contributed by atoms with van der Waals surface area (Å²) in [4.78, 5) is 20.9. The van der Waals surface area contributed by atoms with E-state index in [1.807, 2.05) is 62.3 Å². The lowest BCUT2D eigenvalue weighted by atomic mass is 10.0. The van der Waals surface area contributed by atoms with Crippen molar-refractivity contribution in [3.05, 3.63) is 82.9 Å². The predicted octanol–water partition coefficient (Wildman–Crippen LogP) is 6.51. The van der Waals surface area contributed by atoms with Crippen molar-refractivity contribution in [1.82, 2.24) is 9.97 Å².